The first-order valence-corrected chi connectivity index (χ1v) is 47.4. The predicted molar refractivity (Wildman–Crippen MR) is 516 cm³/mol. The molecule has 1 unspecified atom stereocenters. The van der Waals surface area contributed by atoms with Crippen LogP contribution >= 0.6 is 23.2 Å². The summed E-state index contributed by atoms with van der Waals surface area (Å²) >= 11 is 9.19. The van der Waals surface area contributed by atoms with E-state index in [-0.39, 0.29) is 115 Å². The number of halogens is 20. The van der Waals surface area contributed by atoms with E-state index in [1.807, 2.05) is 76.2 Å². The Balaban J connectivity index is 0.00000176. The summed E-state index contributed by atoms with van der Waals surface area (Å²) in [4.78, 5) is 97.4. The van der Waals surface area contributed by atoms with Crippen LogP contribution in [0.2, 0.25) is 0 Å². The average Bonchev–Trinajstić information content (AvgIpc) is 1.15. The van der Waals surface area contributed by atoms with Crippen LogP contribution in [-0.2, 0) is 99.7 Å². The van der Waals surface area contributed by atoms with E-state index in [9.17, 15) is 113 Å². The molecule has 146 heavy (non-hydrogen) atoms. The van der Waals surface area contributed by atoms with Gasteiger partial charge < -0.3 is 68.9 Å². The molecule has 3 aromatic carbocycles. The zero-order valence-electron chi connectivity index (χ0n) is 85.7. The van der Waals surface area contributed by atoms with E-state index >= 15 is 0 Å². The SMILES string of the molecule is C1CCOC1.C=CCC1CC(=O)C=CN1C(=O)OC(C)(C)C.C=CC[C@H]1CC(=O)C[C@@H](CC)N1C(=O)OC(C)(C)C.C=CC[C@H]1C[C@@H](N(Cc2cc(C(F)(F)F)cc(C(F)(F)F)c2)C(=O)OC)C[C@@H](CC)N1C(=O)OC(C)(C)C.C=CC[C@H]1C[C@@H](NCc2cc(C(F)(F)F)cc(C(F)(F)F)c2)C[C@@H](CC)N1C(=O)OC(C)(C)C.CC.COc1ccncc1.NCc1cc(C(F)(F)F)cc(C(F)(F)F)c1.OC(Cl)Cl.OOO. The van der Waals surface area contributed by atoms with Crippen LogP contribution in [0.15, 0.2) is 142 Å². The molecule has 26 nitrogen and oxygen atoms in total. The zero-order chi connectivity index (χ0) is 113. The maximum absolute atomic E-state index is 13.4. The third-order valence-corrected chi connectivity index (χ3v) is 21.0. The van der Waals surface area contributed by atoms with Gasteiger partial charge in [0, 0.05) is 119 Å². The molecule has 4 fully saturated rings. The number of pyridine rings is 1. The van der Waals surface area contributed by atoms with Crippen LogP contribution in [0.1, 0.15) is 271 Å². The van der Waals surface area contributed by atoms with Gasteiger partial charge in [-0.2, -0.15) is 79.0 Å². The van der Waals surface area contributed by atoms with Gasteiger partial charge in [0.2, 0.25) is 5.02 Å². The molecule has 9 atom stereocenters. The van der Waals surface area contributed by atoms with Crippen molar-refractivity contribution in [3.8, 4) is 5.75 Å². The first kappa shape index (κ1) is 136. The van der Waals surface area contributed by atoms with Gasteiger partial charge in [-0.3, -0.25) is 19.5 Å². The summed E-state index contributed by atoms with van der Waals surface area (Å²) in [6, 6.07) is 5.19. The molecule has 0 saturated carbocycles. The number of hydrogen-bond acceptors (Lipinski definition) is 21. The molecule has 0 aliphatic carbocycles. The molecule has 6 N–H and O–H groups in total. The number of allylic oxidation sites excluding steroid dienone is 1. The average molecular weight is 2160 g/mol. The van der Waals surface area contributed by atoms with Crippen molar-refractivity contribution in [2.75, 3.05) is 27.4 Å². The number of Topliss-reactive ketones (excluding diaryl/α,β-unsaturated/α-hetero) is 1. The van der Waals surface area contributed by atoms with E-state index in [0.717, 1.165) is 49.5 Å². The lowest BCUT2D eigenvalue weighted by atomic mass is 9.87. The number of alkyl halides is 20. The van der Waals surface area contributed by atoms with E-state index in [4.69, 9.17) is 54.5 Å². The van der Waals surface area contributed by atoms with Crippen molar-refractivity contribution in [1.29, 1.82) is 0 Å². The van der Waals surface area contributed by atoms with Gasteiger partial charge in [-0.1, -0.05) is 87.2 Å². The monoisotopic (exact) mass is 2150 g/mol. The number of ether oxygens (including phenoxy) is 7. The molecule has 1 aromatic heterocycles. The number of aliphatic hydroxyl groups is 1. The van der Waals surface area contributed by atoms with Gasteiger partial charge in [-0.15, -0.1) is 26.3 Å². The number of carbonyl (C=O) groups is 7. The molecular weight excluding hydrogens is 2010 g/mol. The van der Waals surface area contributed by atoms with E-state index < -0.39 is 147 Å². The number of benzene rings is 3. The second-order valence-electron chi connectivity index (χ2n) is 37.2. The largest absolute Gasteiger partial charge is 0.497 e. The maximum atomic E-state index is 13.4. The summed E-state index contributed by atoms with van der Waals surface area (Å²) in [5.41, 5.74) is -6.42. The molecule has 5 amide bonds. The summed E-state index contributed by atoms with van der Waals surface area (Å²) in [7, 11) is 2.71. The number of likely N-dealkylation sites (tertiary alicyclic amines) is 3. The smallest absolute Gasteiger partial charge is 0.416 e. The minimum absolute atomic E-state index is 0.0247. The second kappa shape index (κ2) is 63.1. The number of aliphatic hydroxyl groups excluding tert-OH is 1. The molecule has 0 spiro atoms. The minimum Gasteiger partial charge on any atom is -0.497 e. The number of carbonyl (C=O) groups excluding carboxylic acids is 7. The molecular formula is C100H142Cl2F18N8O18. The first-order chi connectivity index (χ1) is 67.3. The number of aromatic nitrogens is 1. The van der Waals surface area contributed by atoms with Gasteiger partial charge >= 0.3 is 67.5 Å². The van der Waals surface area contributed by atoms with Gasteiger partial charge in [0.15, 0.2) is 5.78 Å². The van der Waals surface area contributed by atoms with Crippen molar-refractivity contribution in [3.63, 3.8) is 0 Å². The Hall–Kier alpha value is -9.96. The molecule has 9 rings (SSSR count). The highest BCUT2D eigenvalue weighted by Crippen LogP contribution is 2.43. The molecule has 46 heteroatoms. The van der Waals surface area contributed by atoms with Crippen molar-refractivity contribution in [1.82, 2.24) is 34.8 Å². The second-order valence-corrected chi connectivity index (χ2v) is 38.2. The summed E-state index contributed by atoms with van der Waals surface area (Å²) in [6.45, 7) is 46.9. The number of nitrogens with two attached hydrogens (primary N) is 1. The minimum atomic E-state index is -5.02. The Morgan fingerprint density at radius 2 is 0.808 bits per heavy atom. The highest BCUT2D eigenvalue weighted by molar-refractivity contribution is 6.42. The molecule has 4 saturated heterocycles. The fourth-order valence-electron chi connectivity index (χ4n) is 15.0. The fraction of sp³-hybridized carbons (Fsp3) is 0.600. The molecule has 0 bridgehead atoms. The van der Waals surface area contributed by atoms with E-state index in [1.165, 1.54) is 30.0 Å². The van der Waals surface area contributed by atoms with Crippen molar-refractivity contribution >= 4 is 65.2 Å². The number of hydrogen-bond donors (Lipinski definition) is 5. The van der Waals surface area contributed by atoms with Gasteiger partial charge in [0.1, 0.15) is 33.9 Å². The van der Waals surface area contributed by atoms with E-state index in [1.54, 1.807) is 112 Å². The lowest BCUT2D eigenvalue weighted by molar-refractivity contribution is -0.465. The topological polar surface area (TPSA) is 321 Å². The summed E-state index contributed by atoms with van der Waals surface area (Å²) in [6.07, 6.45) is -10.1. The number of ketones is 2. The molecule has 830 valence electrons. The van der Waals surface area contributed by atoms with Crippen LogP contribution in [0.5, 0.6) is 5.75 Å². The Morgan fingerprint density at radius 1 is 0.493 bits per heavy atom. The first-order valence-electron chi connectivity index (χ1n) is 46.6. The van der Waals surface area contributed by atoms with Crippen LogP contribution in [-0.4, -0.2) is 196 Å². The lowest BCUT2D eigenvalue weighted by Gasteiger charge is -2.47. The predicted octanol–water partition coefficient (Wildman–Crippen LogP) is 27.1. The van der Waals surface area contributed by atoms with Crippen LogP contribution in [0, 0.1) is 0 Å². The van der Waals surface area contributed by atoms with Crippen LogP contribution in [0.3, 0.4) is 0 Å². The number of piperidine rings is 3. The lowest BCUT2D eigenvalue weighted by Crippen LogP contribution is -2.58. The summed E-state index contributed by atoms with van der Waals surface area (Å²) < 4.78 is 269. The molecule has 4 aromatic rings. The Labute approximate surface area is 852 Å². The number of nitrogens with zero attached hydrogens (tertiary/aromatic N) is 6. The number of methoxy groups -OCH3 is 2. The third kappa shape index (κ3) is 52.3. The van der Waals surface area contributed by atoms with Gasteiger partial charge in [-0.05, 0) is 256 Å². The van der Waals surface area contributed by atoms with Gasteiger partial charge in [0.05, 0.1) is 53.6 Å². The summed E-state index contributed by atoms with van der Waals surface area (Å²) in [5, 5.41) is 25.0. The van der Waals surface area contributed by atoms with Crippen molar-refractivity contribution in [2.24, 2.45) is 5.73 Å². The van der Waals surface area contributed by atoms with Crippen LogP contribution in [0.4, 0.5) is 103 Å². The Bertz CT molecular complexity index is 4570. The number of rotatable bonds is 19. The van der Waals surface area contributed by atoms with Crippen LogP contribution < -0.4 is 15.8 Å². The van der Waals surface area contributed by atoms with E-state index in [0.29, 0.717) is 94.9 Å². The summed E-state index contributed by atoms with van der Waals surface area (Å²) in [5.74, 6) is 1.09. The zero-order valence-corrected chi connectivity index (χ0v) is 87.2. The number of amides is 5. The molecule has 5 aliphatic heterocycles. The quantitative estimate of drug-likeness (QED) is 0.0145. The van der Waals surface area contributed by atoms with E-state index in [2.05, 4.69) is 64.9 Å². The standard InChI is InChI=1S/C26H34F6N2O4.C24H32F6N2O2.C15H25NO3.C13H19NO3.C9H7F6N.C6H7NO.C4H8O.C2H6.CH2Cl2O.H2O3/c1-7-9-20-14-21(13-19(8-2)34(20)23(36)38-24(3,4)5)33(22(35)37-6)15-16-10-17(25(27,28)29)12-18(11-16)26(30,31)32;1-6-8-20-13-18(12-19(7-2)32(20)21(33)34-22(3,4)5)31-14-15-9-16(23(25,26)27)11-17(10-15)24(28,29)30;1-6-8-12-10-13(17)9-11(7-2)16(12)14(18)19-15(3,4)5;1-5-6-10-9-11(15)7-8-14(10)12(16)17-13(2,3)4;10-8(11,12)6-1-5(4-16)2-7(3-6)9(13,14)15;1-8-6-2-4-7-5-3-6;1-2-4-5-3-1;1-2;2-1(3)4;1-3-2/h7,10-12,19-21H,1,8-9,13-15H2,2-6H3;6,9-11,18-20,31H,1,7-8,12-14H2,2-5H3;6,11-12H,1,7-10H2,2-5H3;5,7-8,10H,1,6,9H2,2-4H3;1-3H,4,16H2;2-5H,1H3;1-4H2;1-2H3;1,4H;1-2H/t19-,20+,21+;18-,19+,20-;11-,12+;;;;;;;/m101......./s1. The van der Waals surface area contributed by atoms with Crippen molar-refractivity contribution < 1.29 is 166 Å². The Morgan fingerprint density at radius 3 is 1.13 bits per heavy atom. The maximum Gasteiger partial charge on any atom is 0.416 e. The van der Waals surface area contributed by atoms with Crippen LogP contribution in [0.25, 0.3) is 0 Å². The fourth-order valence-corrected chi connectivity index (χ4v) is 15.0. The van der Waals surface area contributed by atoms with Gasteiger partial charge in [0.25, 0.3) is 0 Å². The van der Waals surface area contributed by atoms with Crippen molar-refractivity contribution in [3.05, 3.63) is 192 Å². The highest BCUT2D eigenvalue weighted by atomic mass is 35.5. The Kier molecular flexibility index (Phi) is 58.8. The molecule has 0 radical (unpaired) electrons. The highest BCUT2D eigenvalue weighted by Gasteiger charge is 2.47. The molecule has 6 heterocycles. The third-order valence-electron chi connectivity index (χ3n) is 21.0. The molecule has 5 aliphatic rings. The normalized spacial score (nSPS) is 19.1. The van der Waals surface area contributed by atoms with Gasteiger partial charge in [-0.25, -0.2) is 34.5 Å². The van der Waals surface area contributed by atoms with Crippen molar-refractivity contribution in [2.45, 2.75) is 359 Å². The number of nitrogens with one attached hydrogen (secondary N) is 1.